The minimum Gasteiger partial charge on any atom is -0.493 e. The van der Waals surface area contributed by atoms with E-state index in [0.717, 1.165) is 45.2 Å². The topological polar surface area (TPSA) is 90.6 Å². The molecule has 1 aliphatic heterocycles. The molecule has 4 atom stereocenters. The predicted octanol–water partition coefficient (Wildman–Crippen LogP) is 4.29. The van der Waals surface area contributed by atoms with Crippen LogP contribution in [0.1, 0.15) is 35.7 Å². The molecule has 1 saturated heterocycles. The van der Waals surface area contributed by atoms with Gasteiger partial charge in [-0.05, 0) is 31.2 Å². The summed E-state index contributed by atoms with van der Waals surface area (Å²) in [7, 11) is 1.00. The number of halogens is 6. The number of methoxy groups -OCH3 is 1. The molecule has 1 aliphatic rings. The molecule has 1 heterocycles. The first kappa shape index (κ1) is 25.3. The van der Waals surface area contributed by atoms with Crippen molar-refractivity contribution in [2.75, 3.05) is 12.4 Å². The number of carbonyl (C=O) groups is 2. The van der Waals surface area contributed by atoms with E-state index in [9.17, 15) is 35.9 Å². The number of alkyl halides is 3. The third-order valence-electron chi connectivity index (χ3n) is 6.07. The van der Waals surface area contributed by atoms with Crippen LogP contribution in [-0.4, -0.2) is 36.8 Å². The Balaban J connectivity index is 2.08. The van der Waals surface area contributed by atoms with Crippen LogP contribution in [0, 0.1) is 23.4 Å². The Morgan fingerprint density at radius 2 is 1.74 bits per heavy atom. The lowest BCUT2D eigenvalue weighted by molar-refractivity contribution is -0.272. The Bertz CT molecular complexity index is 1140. The molecule has 0 saturated carbocycles. The van der Waals surface area contributed by atoms with Gasteiger partial charge in [0.25, 0.3) is 11.8 Å². The van der Waals surface area contributed by atoms with Crippen LogP contribution in [0.4, 0.5) is 32.0 Å². The number of carbonyl (C=O) groups excluding carboxylic acids is 2. The average molecular weight is 490 g/mol. The van der Waals surface area contributed by atoms with Crippen molar-refractivity contribution >= 4 is 17.5 Å². The minimum absolute atomic E-state index is 0.145. The second kappa shape index (κ2) is 8.82. The summed E-state index contributed by atoms with van der Waals surface area (Å²) in [4.78, 5) is 24.4. The zero-order chi connectivity index (χ0) is 25.6. The summed E-state index contributed by atoms with van der Waals surface area (Å²) in [5.41, 5.74) is 1.32. The first-order valence-electron chi connectivity index (χ1n) is 9.89. The fraction of sp³-hybridized carbons (Fsp3) is 0.364. The number of hydrogen-bond donors (Lipinski definition) is 2. The molecule has 3 rings (SSSR count). The van der Waals surface area contributed by atoms with E-state index in [2.05, 4.69) is 5.32 Å². The fourth-order valence-corrected chi connectivity index (χ4v) is 4.05. The van der Waals surface area contributed by atoms with Crippen molar-refractivity contribution in [1.82, 2.24) is 0 Å². The monoisotopic (exact) mass is 490 g/mol. The van der Waals surface area contributed by atoms with E-state index in [-0.39, 0.29) is 11.3 Å². The molecule has 3 N–H and O–H groups in total. The molecule has 2 aromatic carbocycles. The van der Waals surface area contributed by atoms with Gasteiger partial charge in [-0.25, -0.2) is 8.78 Å². The van der Waals surface area contributed by atoms with Crippen LogP contribution in [0.15, 0.2) is 30.3 Å². The molecule has 184 valence electrons. The van der Waals surface area contributed by atoms with Gasteiger partial charge in [0.1, 0.15) is 11.9 Å². The molecule has 1 fully saturated rings. The predicted molar refractivity (Wildman–Crippen MR) is 108 cm³/mol. The first-order chi connectivity index (χ1) is 15.7. The van der Waals surface area contributed by atoms with Gasteiger partial charge in [0.15, 0.2) is 17.2 Å². The van der Waals surface area contributed by atoms with E-state index in [4.69, 9.17) is 15.2 Å². The highest BCUT2D eigenvalue weighted by atomic mass is 19.4. The third-order valence-corrected chi connectivity index (χ3v) is 6.07. The van der Waals surface area contributed by atoms with Gasteiger partial charge in [-0.3, -0.25) is 9.59 Å². The van der Waals surface area contributed by atoms with Gasteiger partial charge in [-0.15, -0.1) is 0 Å². The lowest BCUT2D eigenvalue weighted by Gasteiger charge is -2.32. The van der Waals surface area contributed by atoms with Crippen LogP contribution in [0.2, 0.25) is 0 Å². The maximum Gasteiger partial charge on any atom is 0.417 e. The van der Waals surface area contributed by atoms with E-state index in [1.807, 2.05) is 0 Å². The van der Waals surface area contributed by atoms with Crippen LogP contribution in [0.5, 0.6) is 5.75 Å². The van der Waals surface area contributed by atoms with Crippen LogP contribution in [0.25, 0.3) is 0 Å². The lowest BCUT2D eigenvalue weighted by Crippen LogP contribution is -2.47. The number of hydrogen-bond acceptors (Lipinski definition) is 4. The normalized spacial score (nSPS) is 24.7. The summed E-state index contributed by atoms with van der Waals surface area (Å²) >= 11 is 0. The van der Waals surface area contributed by atoms with E-state index in [1.165, 1.54) is 0 Å². The summed E-state index contributed by atoms with van der Waals surface area (Å²) in [6.45, 7) is 1.91. The van der Waals surface area contributed by atoms with Gasteiger partial charge in [-0.2, -0.15) is 17.6 Å². The molecule has 6 nitrogen and oxygen atoms in total. The number of nitrogens with one attached hydrogen (secondary N) is 1. The van der Waals surface area contributed by atoms with Crippen molar-refractivity contribution in [2.45, 2.75) is 37.6 Å². The smallest absolute Gasteiger partial charge is 0.417 e. The van der Waals surface area contributed by atoms with E-state index < -0.39 is 70.3 Å². The SMILES string of the molecule is COc1c([C@@H]2[C@H](C(=O)Nc3ccc(F)c(C(N)=O)c3)O[C@](C)(C(F)(F)F)[C@H]2C)ccc(F)c1F. The molecule has 0 aromatic heterocycles. The summed E-state index contributed by atoms with van der Waals surface area (Å²) in [6, 6.07) is 4.53. The van der Waals surface area contributed by atoms with Crippen LogP contribution >= 0.6 is 0 Å². The Hall–Kier alpha value is -3.28. The van der Waals surface area contributed by atoms with Crippen molar-refractivity contribution in [3.05, 3.63) is 58.9 Å². The van der Waals surface area contributed by atoms with Crippen molar-refractivity contribution in [3.8, 4) is 5.75 Å². The fourth-order valence-electron chi connectivity index (χ4n) is 4.05. The van der Waals surface area contributed by atoms with Gasteiger partial charge >= 0.3 is 6.18 Å². The number of benzene rings is 2. The Labute approximate surface area is 190 Å². The molecular formula is C22H20F6N2O4. The van der Waals surface area contributed by atoms with Crippen LogP contribution in [0.3, 0.4) is 0 Å². The van der Waals surface area contributed by atoms with Gasteiger partial charge < -0.3 is 20.5 Å². The van der Waals surface area contributed by atoms with Crippen molar-refractivity contribution in [1.29, 1.82) is 0 Å². The number of amides is 2. The van der Waals surface area contributed by atoms with E-state index >= 15 is 0 Å². The van der Waals surface area contributed by atoms with Crippen molar-refractivity contribution in [3.63, 3.8) is 0 Å². The summed E-state index contributed by atoms with van der Waals surface area (Å²) < 4.78 is 93.8. The summed E-state index contributed by atoms with van der Waals surface area (Å²) in [5.74, 6) is -9.46. The van der Waals surface area contributed by atoms with Gasteiger partial charge in [-0.1, -0.05) is 13.0 Å². The largest absolute Gasteiger partial charge is 0.493 e. The lowest BCUT2D eigenvalue weighted by atomic mass is 9.77. The molecule has 2 aromatic rings. The number of primary amides is 1. The number of rotatable bonds is 5. The minimum atomic E-state index is -4.93. The molecular weight excluding hydrogens is 470 g/mol. The quantitative estimate of drug-likeness (QED) is 0.612. The Morgan fingerprint density at radius 1 is 1.12 bits per heavy atom. The van der Waals surface area contributed by atoms with Crippen LogP contribution < -0.4 is 15.8 Å². The standard InChI is InChI=1S/C22H20F6N2O4/c1-9-15(11-5-7-14(24)16(25)17(11)33-3)18(34-21(9,2)22(26,27)28)20(32)30-10-4-6-13(23)12(8-10)19(29)31/h4-9,15,18H,1-3H3,(H2,29,31)(H,30,32)/t9-,15+,18+,21-/m0/s1. The highest BCUT2D eigenvalue weighted by molar-refractivity contribution is 5.98. The molecule has 0 spiro atoms. The molecule has 12 heteroatoms. The highest BCUT2D eigenvalue weighted by Gasteiger charge is 2.65. The highest BCUT2D eigenvalue weighted by Crippen LogP contribution is 2.55. The van der Waals surface area contributed by atoms with Crippen LogP contribution in [-0.2, 0) is 9.53 Å². The van der Waals surface area contributed by atoms with E-state index in [0.29, 0.717) is 6.07 Å². The molecule has 0 radical (unpaired) electrons. The Morgan fingerprint density at radius 3 is 2.29 bits per heavy atom. The maximum atomic E-state index is 14.4. The summed E-state index contributed by atoms with van der Waals surface area (Å²) in [5, 5.41) is 2.26. The van der Waals surface area contributed by atoms with Gasteiger partial charge in [0, 0.05) is 23.1 Å². The molecule has 0 bridgehead atoms. The first-order valence-corrected chi connectivity index (χ1v) is 9.89. The average Bonchev–Trinajstić information content (AvgIpc) is 3.03. The second-order valence-corrected chi connectivity index (χ2v) is 7.99. The van der Waals surface area contributed by atoms with Crippen molar-refractivity contribution in [2.24, 2.45) is 11.7 Å². The zero-order valence-corrected chi connectivity index (χ0v) is 18.1. The van der Waals surface area contributed by atoms with Gasteiger partial charge in [0.2, 0.25) is 5.82 Å². The van der Waals surface area contributed by atoms with E-state index in [1.54, 1.807) is 0 Å². The number of nitrogens with two attached hydrogens (primary N) is 1. The molecule has 2 amide bonds. The maximum absolute atomic E-state index is 14.4. The number of anilines is 1. The zero-order valence-electron chi connectivity index (χ0n) is 18.1. The third kappa shape index (κ3) is 4.17. The second-order valence-electron chi connectivity index (χ2n) is 7.99. The summed E-state index contributed by atoms with van der Waals surface area (Å²) in [6.07, 6.45) is -6.77. The molecule has 0 unspecified atom stereocenters. The van der Waals surface area contributed by atoms with Crippen molar-refractivity contribution < 1.29 is 45.4 Å². The van der Waals surface area contributed by atoms with Gasteiger partial charge in [0.05, 0.1) is 12.7 Å². The number of ether oxygens (including phenoxy) is 2. The Kier molecular flexibility index (Phi) is 6.57. The molecule has 34 heavy (non-hydrogen) atoms. The molecule has 0 aliphatic carbocycles.